The van der Waals surface area contributed by atoms with Gasteiger partial charge in [0.15, 0.2) is 5.82 Å². The van der Waals surface area contributed by atoms with E-state index in [-0.39, 0.29) is 0 Å². The molecule has 2 rings (SSSR count). The number of nitrogens with one attached hydrogen (secondary N) is 1. The summed E-state index contributed by atoms with van der Waals surface area (Å²) in [4.78, 5) is 4.55. The molecule has 108 valence electrons. The minimum Gasteiger partial charge on any atom is -0.310 e. The molecule has 1 heterocycles. The fourth-order valence-electron chi connectivity index (χ4n) is 2.31. The molecular formula is C16H24N4. The van der Waals surface area contributed by atoms with Gasteiger partial charge >= 0.3 is 0 Å². The van der Waals surface area contributed by atoms with Crippen molar-refractivity contribution in [3.8, 4) is 5.69 Å². The highest BCUT2D eigenvalue weighted by atomic mass is 15.3. The standard InChI is InChI=1S/C16H24N4/c1-5-15-18-16(6-2)20(19-15)14-10-8-13(9-11-14)12(4)17-7-3/h8-12,17H,5-7H2,1-4H3. The van der Waals surface area contributed by atoms with Gasteiger partial charge in [-0.1, -0.05) is 32.9 Å². The first-order chi connectivity index (χ1) is 9.69. The van der Waals surface area contributed by atoms with Crippen LogP contribution >= 0.6 is 0 Å². The van der Waals surface area contributed by atoms with Crippen molar-refractivity contribution in [3.63, 3.8) is 0 Å². The van der Waals surface area contributed by atoms with Crippen LogP contribution in [0.15, 0.2) is 24.3 Å². The van der Waals surface area contributed by atoms with E-state index in [0.29, 0.717) is 6.04 Å². The average molecular weight is 272 g/mol. The molecule has 0 aliphatic rings. The summed E-state index contributed by atoms with van der Waals surface area (Å²) in [6, 6.07) is 8.94. The molecule has 1 aromatic heterocycles. The lowest BCUT2D eigenvalue weighted by Gasteiger charge is -2.13. The van der Waals surface area contributed by atoms with Crippen LogP contribution in [0.1, 0.15) is 50.9 Å². The minimum absolute atomic E-state index is 0.377. The monoisotopic (exact) mass is 272 g/mol. The van der Waals surface area contributed by atoms with Gasteiger partial charge in [0.2, 0.25) is 0 Å². The van der Waals surface area contributed by atoms with Crippen LogP contribution in [0.3, 0.4) is 0 Å². The van der Waals surface area contributed by atoms with E-state index in [9.17, 15) is 0 Å². The Bertz CT molecular complexity index is 542. The average Bonchev–Trinajstić information content (AvgIpc) is 2.91. The Hall–Kier alpha value is -1.68. The largest absolute Gasteiger partial charge is 0.310 e. The van der Waals surface area contributed by atoms with Crippen LogP contribution in [0.2, 0.25) is 0 Å². The molecule has 0 aliphatic carbocycles. The lowest BCUT2D eigenvalue weighted by Crippen LogP contribution is -2.17. The van der Waals surface area contributed by atoms with Crippen LogP contribution in [-0.4, -0.2) is 21.3 Å². The van der Waals surface area contributed by atoms with Gasteiger partial charge in [-0.15, -0.1) is 0 Å². The minimum atomic E-state index is 0.377. The molecule has 1 unspecified atom stereocenters. The summed E-state index contributed by atoms with van der Waals surface area (Å²) in [5.41, 5.74) is 2.38. The first-order valence-corrected chi connectivity index (χ1v) is 7.48. The molecule has 0 fully saturated rings. The van der Waals surface area contributed by atoms with Crippen molar-refractivity contribution in [1.29, 1.82) is 0 Å². The first-order valence-electron chi connectivity index (χ1n) is 7.48. The van der Waals surface area contributed by atoms with E-state index in [1.807, 2.05) is 4.68 Å². The van der Waals surface area contributed by atoms with Crippen molar-refractivity contribution >= 4 is 0 Å². The third-order valence-electron chi connectivity index (χ3n) is 3.50. The van der Waals surface area contributed by atoms with Gasteiger partial charge in [-0.25, -0.2) is 9.67 Å². The Morgan fingerprint density at radius 2 is 1.80 bits per heavy atom. The quantitative estimate of drug-likeness (QED) is 0.879. The van der Waals surface area contributed by atoms with E-state index in [2.05, 4.69) is 67.4 Å². The highest BCUT2D eigenvalue weighted by Gasteiger charge is 2.10. The van der Waals surface area contributed by atoms with Gasteiger partial charge in [-0.3, -0.25) is 0 Å². The first kappa shape index (κ1) is 14.7. The van der Waals surface area contributed by atoms with E-state index in [1.165, 1.54) is 5.56 Å². The van der Waals surface area contributed by atoms with Gasteiger partial charge in [0, 0.05) is 18.9 Å². The van der Waals surface area contributed by atoms with Crippen LogP contribution in [0.4, 0.5) is 0 Å². The summed E-state index contributed by atoms with van der Waals surface area (Å²) in [5, 5.41) is 7.99. The van der Waals surface area contributed by atoms with Crippen LogP contribution in [-0.2, 0) is 12.8 Å². The summed E-state index contributed by atoms with van der Waals surface area (Å²) >= 11 is 0. The van der Waals surface area contributed by atoms with E-state index in [0.717, 1.165) is 36.7 Å². The molecule has 1 N–H and O–H groups in total. The summed E-state index contributed by atoms with van der Waals surface area (Å²) in [5.74, 6) is 1.93. The number of rotatable bonds is 6. The summed E-state index contributed by atoms with van der Waals surface area (Å²) in [6.45, 7) is 9.48. The van der Waals surface area contributed by atoms with Crippen molar-refractivity contribution < 1.29 is 0 Å². The second-order valence-corrected chi connectivity index (χ2v) is 4.93. The van der Waals surface area contributed by atoms with E-state index in [1.54, 1.807) is 0 Å². The fraction of sp³-hybridized carbons (Fsp3) is 0.500. The van der Waals surface area contributed by atoms with E-state index in [4.69, 9.17) is 0 Å². The van der Waals surface area contributed by atoms with E-state index < -0.39 is 0 Å². The van der Waals surface area contributed by atoms with Crippen molar-refractivity contribution in [2.24, 2.45) is 0 Å². The lowest BCUT2D eigenvalue weighted by atomic mass is 10.1. The second-order valence-electron chi connectivity index (χ2n) is 4.93. The third kappa shape index (κ3) is 3.07. The highest BCUT2D eigenvalue weighted by molar-refractivity contribution is 5.35. The normalized spacial score (nSPS) is 12.6. The van der Waals surface area contributed by atoms with Gasteiger partial charge in [0.25, 0.3) is 0 Å². The number of nitrogens with zero attached hydrogens (tertiary/aromatic N) is 3. The molecule has 1 atom stereocenters. The molecule has 0 saturated carbocycles. The maximum Gasteiger partial charge on any atom is 0.151 e. The molecule has 0 saturated heterocycles. The second kappa shape index (κ2) is 6.66. The van der Waals surface area contributed by atoms with Crippen LogP contribution in [0.5, 0.6) is 0 Å². The van der Waals surface area contributed by atoms with Gasteiger partial charge in [0.05, 0.1) is 5.69 Å². The molecule has 4 nitrogen and oxygen atoms in total. The number of aryl methyl sites for hydroxylation is 2. The smallest absolute Gasteiger partial charge is 0.151 e. The zero-order valence-electron chi connectivity index (χ0n) is 12.8. The zero-order valence-corrected chi connectivity index (χ0v) is 12.8. The Morgan fingerprint density at radius 1 is 1.10 bits per heavy atom. The van der Waals surface area contributed by atoms with Gasteiger partial charge < -0.3 is 5.32 Å². The number of hydrogen-bond acceptors (Lipinski definition) is 3. The maximum atomic E-state index is 4.57. The van der Waals surface area contributed by atoms with Crippen molar-refractivity contribution in [2.75, 3.05) is 6.54 Å². The Balaban J connectivity index is 2.27. The van der Waals surface area contributed by atoms with Crippen molar-refractivity contribution in [1.82, 2.24) is 20.1 Å². The Kier molecular flexibility index (Phi) is 4.90. The molecule has 2 aromatic rings. The Labute approximate surface area is 121 Å². The highest BCUT2D eigenvalue weighted by Crippen LogP contribution is 2.16. The topological polar surface area (TPSA) is 42.7 Å². The molecule has 0 amide bonds. The van der Waals surface area contributed by atoms with Crippen LogP contribution in [0, 0.1) is 0 Å². The molecule has 20 heavy (non-hydrogen) atoms. The third-order valence-corrected chi connectivity index (χ3v) is 3.50. The van der Waals surface area contributed by atoms with Gasteiger partial charge in [0.1, 0.15) is 5.82 Å². The lowest BCUT2D eigenvalue weighted by molar-refractivity contribution is 0.598. The van der Waals surface area contributed by atoms with Crippen LogP contribution < -0.4 is 5.32 Å². The summed E-state index contributed by atoms with van der Waals surface area (Å²) in [6.07, 6.45) is 1.76. The number of benzene rings is 1. The van der Waals surface area contributed by atoms with Gasteiger partial charge in [-0.2, -0.15) is 5.10 Å². The predicted molar refractivity (Wildman–Crippen MR) is 82.2 cm³/mol. The molecule has 0 aliphatic heterocycles. The molecule has 0 radical (unpaired) electrons. The van der Waals surface area contributed by atoms with Crippen LogP contribution in [0.25, 0.3) is 5.69 Å². The molecule has 0 bridgehead atoms. The fourth-order valence-corrected chi connectivity index (χ4v) is 2.31. The number of hydrogen-bond donors (Lipinski definition) is 1. The molecular weight excluding hydrogens is 248 g/mol. The zero-order chi connectivity index (χ0) is 14.5. The van der Waals surface area contributed by atoms with Crippen molar-refractivity contribution in [3.05, 3.63) is 41.5 Å². The molecule has 0 spiro atoms. The SMILES string of the molecule is CCNC(C)c1ccc(-n2nc(CC)nc2CC)cc1. The predicted octanol–water partition coefficient (Wildman–Crippen LogP) is 3.06. The molecule has 1 aromatic carbocycles. The summed E-state index contributed by atoms with van der Waals surface area (Å²) in [7, 11) is 0. The number of aromatic nitrogens is 3. The van der Waals surface area contributed by atoms with Gasteiger partial charge in [-0.05, 0) is 31.2 Å². The Morgan fingerprint density at radius 3 is 2.35 bits per heavy atom. The molecule has 4 heteroatoms. The van der Waals surface area contributed by atoms with Crippen molar-refractivity contribution in [2.45, 2.75) is 46.6 Å². The maximum absolute atomic E-state index is 4.57. The van der Waals surface area contributed by atoms with E-state index >= 15 is 0 Å². The summed E-state index contributed by atoms with van der Waals surface area (Å²) < 4.78 is 1.96.